The number of nitrogens with one attached hydrogen (secondary N) is 1. The van der Waals surface area contributed by atoms with Crippen molar-refractivity contribution in [2.45, 2.75) is 19.9 Å². The molecule has 0 bridgehead atoms. The average molecular weight is 436 g/mol. The van der Waals surface area contributed by atoms with Crippen LogP contribution in [0.2, 0.25) is 0 Å². The number of fused-ring (bicyclic) bond motifs is 1. The minimum atomic E-state index is -0.351. The summed E-state index contributed by atoms with van der Waals surface area (Å²) in [6.07, 6.45) is 0. The number of halogens is 1. The van der Waals surface area contributed by atoms with Crippen LogP contribution >= 0.6 is 0 Å². The summed E-state index contributed by atoms with van der Waals surface area (Å²) in [6.45, 7) is 4.41. The summed E-state index contributed by atoms with van der Waals surface area (Å²) in [4.78, 5) is 26.2. The predicted octanol–water partition coefficient (Wildman–Crippen LogP) is 3.29. The number of aromatic nitrogens is 2. The molecule has 0 unspecified atom stereocenters. The molecule has 4 rings (SSSR count). The zero-order valence-electron chi connectivity index (χ0n) is 18.3. The monoisotopic (exact) mass is 435 g/mol. The number of aryl methyl sites for hydroxylation is 1. The Bertz CT molecular complexity index is 1140. The van der Waals surface area contributed by atoms with Gasteiger partial charge < -0.3 is 20.2 Å². The number of rotatable bonds is 6. The van der Waals surface area contributed by atoms with Crippen LogP contribution in [0.4, 0.5) is 16.2 Å². The highest BCUT2D eigenvalue weighted by Gasteiger charge is 2.33. The summed E-state index contributed by atoms with van der Waals surface area (Å²) in [7, 11) is 1.78. The molecule has 166 valence electrons. The number of likely N-dealkylation sites (N-methyl/N-ethyl adjacent to an activating group) is 1. The van der Waals surface area contributed by atoms with Gasteiger partial charge in [-0.15, -0.1) is 0 Å². The lowest BCUT2D eigenvalue weighted by atomic mass is 9.98. The molecule has 2 aromatic carbocycles. The smallest absolute Gasteiger partial charge is 0.258 e. The van der Waals surface area contributed by atoms with Crippen LogP contribution in [0.15, 0.2) is 48.5 Å². The van der Waals surface area contributed by atoms with Gasteiger partial charge in [-0.2, -0.15) is 4.98 Å². The van der Waals surface area contributed by atoms with E-state index >= 15 is 0 Å². The minimum Gasteiger partial charge on any atom is -0.395 e. The minimum absolute atomic E-state index is 0.0630. The Morgan fingerprint density at radius 3 is 2.66 bits per heavy atom. The van der Waals surface area contributed by atoms with Gasteiger partial charge in [-0.3, -0.25) is 4.79 Å². The molecule has 1 aromatic heterocycles. The second-order valence-corrected chi connectivity index (χ2v) is 7.90. The van der Waals surface area contributed by atoms with Crippen molar-refractivity contribution in [1.29, 1.82) is 0 Å². The highest BCUT2D eigenvalue weighted by atomic mass is 19.1. The van der Waals surface area contributed by atoms with Crippen molar-refractivity contribution in [2.24, 2.45) is 0 Å². The second kappa shape index (κ2) is 8.92. The molecule has 0 fully saturated rings. The number of carbonyl (C=O) groups excluding carboxylic acids is 1. The number of anilines is 2. The Morgan fingerprint density at radius 1 is 1.22 bits per heavy atom. The number of amides is 1. The molecule has 1 amide bonds. The van der Waals surface area contributed by atoms with Crippen molar-refractivity contribution in [3.63, 3.8) is 0 Å². The third-order valence-corrected chi connectivity index (χ3v) is 5.76. The van der Waals surface area contributed by atoms with Crippen LogP contribution in [-0.4, -0.2) is 47.8 Å². The average Bonchev–Trinajstić information content (AvgIpc) is 2.79. The highest BCUT2D eigenvalue weighted by Crippen LogP contribution is 2.37. The molecular weight excluding hydrogens is 409 g/mol. The maximum absolute atomic E-state index is 13.8. The molecule has 0 saturated carbocycles. The molecule has 2 heterocycles. The molecule has 3 aromatic rings. The molecule has 1 aliphatic heterocycles. The van der Waals surface area contributed by atoms with Gasteiger partial charge in [0, 0.05) is 19.2 Å². The zero-order chi connectivity index (χ0) is 22.8. The Hall–Kier alpha value is -3.52. The van der Waals surface area contributed by atoms with Crippen molar-refractivity contribution >= 4 is 17.7 Å². The van der Waals surface area contributed by atoms with Crippen molar-refractivity contribution in [1.82, 2.24) is 15.3 Å². The number of aliphatic hydroxyl groups is 1. The van der Waals surface area contributed by atoms with E-state index in [-0.39, 0.29) is 24.4 Å². The van der Waals surface area contributed by atoms with Gasteiger partial charge in [0.1, 0.15) is 17.2 Å². The lowest BCUT2D eigenvalue weighted by Gasteiger charge is -2.36. The molecule has 0 aliphatic carbocycles. The van der Waals surface area contributed by atoms with Crippen molar-refractivity contribution < 1.29 is 14.3 Å². The number of hydrogen-bond acceptors (Lipinski definition) is 6. The number of nitrogens with zero attached hydrogens (tertiary/aromatic N) is 4. The number of carbonyl (C=O) groups is 1. The van der Waals surface area contributed by atoms with Crippen molar-refractivity contribution in [2.75, 3.05) is 36.7 Å². The van der Waals surface area contributed by atoms with E-state index in [2.05, 4.69) is 17.2 Å². The SMILES string of the molecule is Cc1cc(F)ccc1-c1nc(N(C)CCO)nc2c1C(=O)NCN2[C@@H](C)c1ccccc1. The molecule has 0 saturated heterocycles. The van der Waals surface area contributed by atoms with Crippen molar-refractivity contribution in [3.05, 3.63) is 71.0 Å². The van der Waals surface area contributed by atoms with Gasteiger partial charge in [-0.05, 0) is 43.2 Å². The lowest BCUT2D eigenvalue weighted by molar-refractivity contribution is 0.0946. The van der Waals surface area contributed by atoms with E-state index in [0.717, 1.165) is 5.56 Å². The van der Waals surface area contributed by atoms with E-state index in [1.807, 2.05) is 35.2 Å². The third kappa shape index (κ3) is 4.01. The predicted molar refractivity (Wildman–Crippen MR) is 122 cm³/mol. The van der Waals surface area contributed by atoms with E-state index in [1.54, 1.807) is 24.9 Å². The molecular formula is C24H26FN5O2. The van der Waals surface area contributed by atoms with Gasteiger partial charge in [0.2, 0.25) is 5.95 Å². The molecule has 1 atom stereocenters. The van der Waals surface area contributed by atoms with Crippen LogP contribution in [-0.2, 0) is 0 Å². The van der Waals surface area contributed by atoms with Gasteiger partial charge in [0.05, 0.1) is 25.0 Å². The molecule has 7 nitrogen and oxygen atoms in total. The van der Waals surface area contributed by atoms with Gasteiger partial charge in [-0.25, -0.2) is 9.37 Å². The van der Waals surface area contributed by atoms with E-state index in [0.29, 0.717) is 47.4 Å². The topological polar surface area (TPSA) is 81.6 Å². The molecule has 0 spiro atoms. The van der Waals surface area contributed by atoms with Crippen LogP contribution in [0.5, 0.6) is 0 Å². The molecule has 0 radical (unpaired) electrons. The van der Waals surface area contributed by atoms with E-state index < -0.39 is 0 Å². The first kappa shape index (κ1) is 21.7. The first-order valence-electron chi connectivity index (χ1n) is 10.5. The van der Waals surface area contributed by atoms with Crippen LogP contribution in [0.3, 0.4) is 0 Å². The Balaban J connectivity index is 1.93. The number of hydrogen-bond donors (Lipinski definition) is 2. The fraction of sp³-hybridized carbons (Fsp3) is 0.292. The van der Waals surface area contributed by atoms with Gasteiger partial charge in [0.25, 0.3) is 5.91 Å². The van der Waals surface area contributed by atoms with E-state index in [9.17, 15) is 14.3 Å². The Morgan fingerprint density at radius 2 is 1.97 bits per heavy atom. The first-order chi connectivity index (χ1) is 15.4. The van der Waals surface area contributed by atoms with E-state index in [1.165, 1.54) is 12.1 Å². The quantitative estimate of drug-likeness (QED) is 0.619. The zero-order valence-corrected chi connectivity index (χ0v) is 18.3. The third-order valence-electron chi connectivity index (χ3n) is 5.76. The molecule has 2 N–H and O–H groups in total. The van der Waals surface area contributed by atoms with Gasteiger partial charge in [0.15, 0.2) is 0 Å². The molecule has 8 heteroatoms. The van der Waals surface area contributed by atoms with Crippen LogP contribution in [0.1, 0.15) is 34.5 Å². The Kier molecular flexibility index (Phi) is 6.05. The van der Waals surface area contributed by atoms with Crippen LogP contribution in [0.25, 0.3) is 11.3 Å². The number of aliphatic hydroxyl groups excluding tert-OH is 1. The fourth-order valence-electron chi connectivity index (χ4n) is 3.91. The van der Waals surface area contributed by atoms with Crippen molar-refractivity contribution in [3.8, 4) is 11.3 Å². The first-order valence-corrected chi connectivity index (χ1v) is 10.5. The summed E-state index contributed by atoms with van der Waals surface area (Å²) < 4.78 is 13.8. The Labute approximate surface area is 186 Å². The van der Waals surface area contributed by atoms with Crippen LogP contribution < -0.4 is 15.1 Å². The summed E-state index contributed by atoms with van der Waals surface area (Å²) in [5.74, 6) is 0.275. The fourth-order valence-corrected chi connectivity index (χ4v) is 3.91. The summed E-state index contributed by atoms with van der Waals surface area (Å²) >= 11 is 0. The standard InChI is InChI=1S/C24H26FN5O2/c1-15-13-18(25)9-10-19(15)21-20-22(28-24(27-21)29(3)11-12-31)30(14-26-23(20)32)16(2)17-7-5-4-6-8-17/h4-10,13,16,31H,11-12,14H2,1-3H3,(H,26,32)/t16-/m0/s1. The summed E-state index contributed by atoms with van der Waals surface area (Å²) in [6, 6.07) is 14.3. The second-order valence-electron chi connectivity index (χ2n) is 7.90. The largest absolute Gasteiger partial charge is 0.395 e. The van der Waals surface area contributed by atoms with Crippen LogP contribution in [0, 0.1) is 12.7 Å². The maximum atomic E-state index is 13.8. The van der Waals surface area contributed by atoms with E-state index in [4.69, 9.17) is 4.98 Å². The highest BCUT2D eigenvalue weighted by molar-refractivity contribution is 6.06. The van der Waals surface area contributed by atoms with Gasteiger partial charge >= 0.3 is 0 Å². The number of benzene rings is 2. The summed E-state index contributed by atoms with van der Waals surface area (Å²) in [5, 5.41) is 12.3. The maximum Gasteiger partial charge on any atom is 0.258 e. The summed E-state index contributed by atoms with van der Waals surface area (Å²) in [5.41, 5.74) is 3.21. The normalized spacial score (nSPS) is 14.0. The lowest BCUT2D eigenvalue weighted by Crippen LogP contribution is -2.46. The molecule has 1 aliphatic rings. The van der Waals surface area contributed by atoms with Gasteiger partial charge in [-0.1, -0.05) is 30.3 Å². The molecule has 32 heavy (non-hydrogen) atoms.